The van der Waals surface area contributed by atoms with E-state index in [2.05, 4.69) is 20.9 Å². The van der Waals surface area contributed by atoms with Crippen molar-refractivity contribution >= 4 is 21.8 Å². The van der Waals surface area contributed by atoms with Gasteiger partial charge in [0.25, 0.3) is 5.91 Å². The predicted octanol–water partition coefficient (Wildman–Crippen LogP) is 3.33. The number of amides is 1. The summed E-state index contributed by atoms with van der Waals surface area (Å²) >= 11 is 3.39. The van der Waals surface area contributed by atoms with Gasteiger partial charge in [-0.3, -0.25) is 4.79 Å². The molecule has 0 fully saturated rings. The van der Waals surface area contributed by atoms with Gasteiger partial charge in [0.05, 0.1) is 5.69 Å². The Bertz CT molecular complexity index is 590. The van der Waals surface area contributed by atoms with E-state index in [4.69, 9.17) is 4.42 Å². The fourth-order valence-electron chi connectivity index (χ4n) is 1.84. The fraction of sp³-hybridized carbons (Fsp3) is 0.286. The summed E-state index contributed by atoms with van der Waals surface area (Å²) in [5.41, 5.74) is 1.69. The molecule has 1 heterocycles. The van der Waals surface area contributed by atoms with Crippen LogP contribution in [0.15, 0.2) is 33.2 Å². The Morgan fingerprint density at radius 2 is 1.95 bits per heavy atom. The number of carbonyl (C=O) groups is 1. The Kier molecular flexibility index (Phi) is 4.04. The van der Waals surface area contributed by atoms with Crippen molar-refractivity contribution in [2.24, 2.45) is 0 Å². The van der Waals surface area contributed by atoms with E-state index < -0.39 is 0 Å². The zero-order valence-corrected chi connectivity index (χ0v) is 12.7. The predicted molar refractivity (Wildman–Crippen MR) is 75.9 cm³/mol. The van der Waals surface area contributed by atoms with Crippen molar-refractivity contribution in [1.29, 1.82) is 0 Å². The van der Waals surface area contributed by atoms with Gasteiger partial charge in [-0.2, -0.15) is 0 Å². The summed E-state index contributed by atoms with van der Waals surface area (Å²) in [5.74, 6) is 0.677. The van der Waals surface area contributed by atoms with Crippen molar-refractivity contribution in [2.45, 2.75) is 20.4 Å². The molecule has 0 N–H and O–H groups in total. The second-order valence-corrected chi connectivity index (χ2v) is 5.35. The highest BCUT2D eigenvalue weighted by molar-refractivity contribution is 9.10. The minimum absolute atomic E-state index is 0.152. The van der Waals surface area contributed by atoms with Gasteiger partial charge in [0.15, 0.2) is 5.89 Å². The topological polar surface area (TPSA) is 46.3 Å². The lowest BCUT2D eigenvalue weighted by molar-refractivity contribution is 0.0751. The van der Waals surface area contributed by atoms with Crippen LogP contribution in [0.5, 0.6) is 0 Å². The van der Waals surface area contributed by atoms with Crippen LogP contribution in [0.1, 0.15) is 27.7 Å². The van der Waals surface area contributed by atoms with E-state index in [1.807, 2.05) is 24.3 Å². The van der Waals surface area contributed by atoms with Crippen LogP contribution >= 0.6 is 15.9 Å². The summed E-state index contributed by atoms with van der Waals surface area (Å²) in [7, 11) is 1.75. The molecule has 0 radical (unpaired) electrons. The summed E-state index contributed by atoms with van der Waals surface area (Å²) in [6, 6.07) is 7.87. The number of hydrogen-bond donors (Lipinski definition) is 0. The first-order valence-electron chi connectivity index (χ1n) is 5.91. The Morgan fingerprint density at radius 3 is 2.47 bits per heavy atom. The Labute approximate surface area is 120 Å². The first-order valence-corrected chi connectivity index (χ1v) is 6.70. The molecule has 0 aliphatic rings. The maximum atomic E-state index is 12.2. The molecule has 4 nitrogen and oxygen atoms in total. The molecular formula is C14H15BrN2O2. The van der Waals surface area contributed by atoms with E-state index in [-0.39, 0.29) is 5.91 Å². The molecule has 0 aliphatic heterocycles. The van der Waals surface area contributed by atoms with Gasteiger partial charge >= 0.3 is 0 Å². The van der Waals surface area contributed by atoms with Crippen LogP contribution in [-0.2, 0) is 6.54 Å². The van der Waals surface area contributed by atoms with Gasteiger partial charge in [0, 0.05) is 25.0 Å². The van der Waals surface area contributed by atoms with Crippen molar-refractivity contribution in [3.63, 3.8) is 0 Å². The lowest BCUT2D eigenvalue weighted by atomic mass is 10.2. The number of nitrogens with zero attached hydrogens (tertiary/aromatic N) is 2. The van der Waals surface area contributed by atoms with Crippen molar-refractivity contribution in [3.8, 4) is 0 Å². The summed E-state index contributed by atoms with van der Waals surface area (Å²) in [5, 5.41) is 0. The molecular weight excluding hydrogens is 308 g/mol. The number of rotatable bonds is 3. The average Bonchev–Trinajstić information content (AvgIpc) is 2.70. The Balaban J connectivity index is 2.11. The zero-order chi connectivity index (χ0) is 14.0. The lowest BCUT2D eigenvalue weighted by Crippen LogP contribution is -2.26. The SMILES string of the molecule is Cc1nc(C)c(C(=O)N(C)Cc2ccc(Br)cc2)o1. The third-order valence-corrected chi connectivity index (χ3v) is 3.31. The van der Waals surface area contributed by atoms with Crippen molar-refractivity contribution in [3.05, 3.63) is 51.6 Å². The van der Waals surface area contributed by atoms with Gasteiger partial charge in [-0.15, -0.1) is 0 Å². The fourth-order valence-corrected chi connectivity index (χ4v) is 2.10. The third kappa shape index (κ3) is 3.23. The van der Waals surface area contributed by atoms with E-state index in [1.54, 1.807) is 25.8 Å². The van der Waals surface area contributed by atoms with Crippen LogP contribution in [0.4, 0.5) is 0 Å². The smallest absolute Gasteiger partial charge is 0.291 e. The summed E-state index contributed by atoms with van der Waals surface area (Å²) in [6.45, 7) is 4.04. The van der Waals surface area contributed by atoms with Gasteiger partial charge in [-0.05, 0) is 24.6 Å². The molecule has 1 amide bonds. The monoisotopic (exact) mass is 322 g/mol. The van der Waals surface area contributed by atoms with Crippen LogP contribution in [0.3, 0.4) is 0 Å². The molecule has 0 bridgehead atoms. The van der Waals surface area contributed by atoms with E-state index in [0.29, 0.717) is 23.9 Å². The van der Waals surface area contributed by atoms with E-state index in [1.165, 1.54) is 0 Å². The quantitative estimate of drug-likeness (QED) is 0.870. The van der Waals surface area contributed by atoms with Crippen LogP contribution in [-0.4, -0.2) is 22.8 Å². The molecule has 1 aromatic carbocycles. The molecule has 2 aromatic rings. The first kappa shape index (κ1) is 13.8. The standard InChI is InChI=1S/C14H15BrN2O2/c1-9-13(19-10(2)16-9)14(18)17(3)8-11-4-6-12(15)7-5-11/h4-7H,8H2,1-3H3. The number of aryl methyl sites for hydroxylation is 2. The minimum Gasteiger partial charge on any atom is -0.436 e. The largest absolute Gasteiger partial charge is 0.436 e. The van der Waals surface area contributed by atoms with Crippen molar-refractivity contribution < 1.29 is 9.21 Å². The van der Waals surface area contributed by atoms with E-state index in [9.17, 15) is 4.79 Å². The molecule has 0 saturated carbocycles. The van der Waals surface area contributed by atoms with Gasteiger partial charge in [0.2, 0.25) is 5.76 Å². The third-order valence-electron chi connectivity index (χ3n) is 2.78. The Morgan fingerprint density at radius 1 is 1.32 bits per heavy atom. The highest BCUT2D eigenvalue weighted by Gasteiger charge is 2.19. The van der Waals surface area contributed by atoms with Crippen LogP contribution < -0.4 is 0 Å². The molecule has 0 aliphatic carbocycles. The molecule has 0 spiro atoms. The number of oxazole rings is 1. The van der Waals surface area contributed by atoms with Gasteiger partial charge in [0.1, 0.15) is 0 Å². The molecule has 100 valence electrons. The number of aromatic nitrogens is 1. The van der Waals surface area contributed by atoms with E-state index in [0.717, 1.165) is 10.0 Å². The number of benzene rings is 1. The normalized spacial score (nSPS) is 10.5. The molecule has 0 atom stereocenters. The molecule has 19 heavy (non-hydrogen) atoms. The molecule has 5 heteroatoms. The van der Waals surface area contributed by atoms with Gasteiger partial charge in [-0.25, -0.2) is 4.98 Å². The molecule has 2 rings (SSSR count). The van der Waals surface area contributed by atoms with Crippen LogP contribution in [0.2, 0.25) is 0 Å². The number of halogens is 1. The van der Waals surface area contributed by atoms with Crippen molar-refractivity contribution in [2.75, 3.05) is 7.05 Å². The van der Waals surface area contributed by atoms with E-state index >= 15 is 0 Å². The summed E-state index contributed by atoms with van der Waals surface area (Å²) < 4.78 is 6.36. The van der Waals surface area contributed by atoms with Crippen LogP contribution in [0.25, 0.3) is 0 Å². The molecule has 0 unspecified atom stereocenters. The maximum absolute atomic E-state index is 12.2. The lowest BCUT2D eigenvalue weighted by Gasteiger charge is -2.16. The summed E-state index contributed by atoms with van der Waals surface area (Å²) in [6.07, 6.45) is 0. The maximum Gasteiger partial charge on any atom is 0.291 e. The Hall–Kier alpha value is -1.62. The first-order chi connectivity index (χ1) is 8.97. The second-order valence-electron chi connectivity index (χ2n) is 4.44. The summed E-state index contributed by atoms with van der Waals surface area (Å²) in [4.78, 5) is 18.0. The van der Waals surface area contributed by atoms with Crippen LogP contribution in [0, 0.1) is 13.8 Å². The number of hydrogen-bond acceptors (Lipinski definition) is 3. The van der Waals surface area contributed by atoms with Crippen molar-refractivity contribution in [1.82, 2.24) is 9.88 Å². The minimum atomic E-state index is -0.152. The molecule has 1 aromatic heterocycles. The number of carbonyl (C=O) groups excluding carboxylic acids is 1. The average molecular weight is 323 g/mol. The molecule has 0 saturated heterocycles. The second kappa shape index (κ2) is 5.57. The van der Waals surface area contributed by atoms with Gasteiger partial charge in [-0.1, -0.05) is 28.1 Å². The van der Waals surface area contributed by atoms with Gasteiger partial charge < -0.3 is 9.32 Å². The highest BCUT2D eigenvalue weighted by atomic mass is 79.9. The highest BCUT2D eigenvalue weighted by Crippen LogP contribution is 2.15. The zero-order valence-electron chi connectivity index (χ0n) is 11.1.